The van der Waals surface area contributed by atoms with Gasteiger partial charge in [0.25, 0.3) is 5.56 Å². The largest absolute Gasteiger partial charge is 0.355 e. The summed E-state index contributed by atoms with van der Waals surface area (Å²) < 4.78 is 2.15. The smallest absolute Gasteiger partial charge is 0.252 e. The van der Waals surface area contributed by atoms with Crippen molar-refractivity contribution in [3.63, 3.8) is 0 Å². The van der Waals surface area contributed by atoms with Crippen LogP contribution >= 0.6 is 0 Å². The van der Waals surface area contributed by atoms with Crippen LogP contribution in [0.25, 0.3) is 22.2 Å². The van der Waals surface area contributed by atoms with Crippen molar-refractivity contribution in [3.8, 4) is 11.3 Å². The van der Waals surface area contributed by atoms with Gasteiger partial charge in [-0.1, -0.05) is 30.4 Å². The molecule has 3 aromatic rings. The Morgan fingerprint density at radius 1 is 1.21 bits per heavy atom. The number of rotatable bonds is 4. The Balaban J connectivity index is 1.74. The quantitative estimate of drug-likeness (QED) is 0.682. The Labute approximate surface area is 164 Å². The Kier molecular flexibility index (Phi) is 4.46. The van der Waals surface area contributed by atoms with Gasteiger partial charge in [0.1, 0.15) is 0 Å². The van der Waals surface area contributed by atoms with E-state index in [9.17, 15) is 9.59 Å². The number of hydrogen-bond donors (Lipinski definition) is 2. The van der Waals surface area contributed by atoms with Gasteiger partial charge in [0.05, 0.1) is 5.41 Å². The van der Waals surface area contributed by atoms with Crippen molar-refractivity contribution in [1.82, 2.24) is 14.9 Å². The number of allylic oxidation sites excluding steroid dienone is 1. The monoisotopic (exact) mass is 375 g/mol. The topological polar surface area (TPSA) is 66.9 Å². The molecular weight excluding hydrogens is 350 g/mol. The highest BCUT2D eigenvalue weighted by atomic mass is 16.2. The standard InChI is InChI=1S/C23H25N3O2/c1-15(2)14-26-12-9-16-5-6-17(13-20(16)26)19-8-7-18(21(27)25-19)23(3)10-4-11-24-22(23)28/h5-9,12-13H,1,4,10-11,14H2,2-3H3,(H,24,28)(H,25,27). The lowest BCUT2D eigenvalue weighted by atomic mass is 9.76. The van der Waals surface area contributed by atoms with Gasteiger partial charge in [-0.15, -0.1) is 0 Å². The van der Waals surface area contributed by atoms with Gasteiger partial charge >= 0.3 is 0 Å². The number of benzene rings is 1. The molecule has 144 valence electrons. The Morgan fingerprint density at radius 3 is 2.75 bits per heavy atom. The number of fused-ring (bicyclic) bond motifs is 1. The lowest BCUT2D eigenvalue weighted by molar-refractivity contribution is -0.128. The summed E-state index contributed by atoms with van der Waals surface area (Å²) in [7, 11) is 0. The van der Waals surface area contributed by atoms with Crippen LogP contribution in [0, 0.1) is 0 Å². The minimum Gasteiger partial charge on any atom is -0.355 e. The molecule has 1 atom stereocenters. The van der Waals surface area contributed by atoms with Gasteiger partial charge in [0.2, 0.25) is 5.91 Å². The lowest BCUT2D eigenvalue weighted by Crippen LogP contribution is -2.49. The fourth-order valence-corrected chi connectivity index (χ4v) is 4.07. The zero-order valence-corrected chi connectivity index (χ0v) is 16.3. The first kappa shape index (κ1) is 18.3. The van der Waals surface area contributed by atoms with E-state index < -0.39 is 5.41 Å². The predicted molar refractivity (Wildman–Crippen MR) is 112 cm³/mol. The summed E-state index contributed by atoms with van der Waals surface area (Å²) in [6, 6.07) is 11.9. The van der Waals surface area contributed by atoms with E-state index in [-0.39, 0.29) is 11.5 Å². The van der Waals surface area contributed by atoms with Crippen molar-refractivity contribution in [2.75, 3.05) is 6.54 Å². The van der Waals surface area contributed by atoms with Crippen LogP contribution in [0.15, 0.2) is 59.5 Å². The van der Waals surface area contributed by atoms with E-state index in [1.807, 2.05) is 26.0 Å². The number of carbonyl (C=O) groups excluding carboxylic acids is 1. The van der Waals surface area contributed by atoms with Crippen molar-refractivity contribution in [1.29, 1.82) is 0 Å². The summed E-state index contributed by atoms with van der Waals surface area (Å²) in [5.41, 5.74) is 3.43. The zero-order chi connectivity index (χ0) is 19.9. The van der Waals surface area contributed by atoms with Crippen molar-refractivity contribution in [2.24, 2.45) is 0 Å². The van der Waals surface area contributed by atoms with Gasteiger partial charge in [0.15, 0.2) is 0 Å². The zero-order valence-electron chi connectivity index (χ0n) is 16.3. The first-order chi connectivity index (χ1) is 13.4. The highest BCUT2D eigenvalue weighted by Crippen LogP contribution is 2.30. The van der Waals surface area contributed by atoms with Gasteiger partial charge in [0, 0.05) is 41.6 Å². The molecule has 0 aliphatic carbocycles. The van der Waals surface area contributed by atoms with Crippen molar-refractivity contribution in [3.05, 3.63) is 70.7 Å². The SMILES string of the molecule is C=C(C)Cn1ccc2ccc(-c3ccc(C4(C)CCCNC4=O)c(=O)[nH]3)cc21. The highest BCUT2D eigenvalue weighted by molar-refractivity contribution is 5.88. The summed E-state index contributed by atoms with van der Waals surface area (Å²) in [6.07, 6.45) is 3.61. The third kappa shape index (κ3) is 3.07. The fourth-order valence-electron chi connectivity index (χ4n) is 4.07. The minimum atomic E-state index is -0.773. The Bertz CT molecular complexity index is 1140. The highest BCUT2D eigenvalue weighted by Gasteiger charge is 2.39. The molecule has 2 aromatic heterocycles. The summed E-state index contributed by atoms with van der Waals surface area (Å²) >= 11 is 0. The van der Waals surface area contributed by atoms with Gasteiger partial charge in [-0.25, -0.2) is 0 Å². The average molecular weight is 375 g/mol. The number of carbonyl (C=O) groups is 1. The molecule has 1 fully saturated rings. The average Bonchev–Trinajstić information content (AvgIpc) is 3.05. The van der Waals surface area contributed by atoms with Gasteiger partial charge in [-0.2, -0.15) is 0 Å². The third-order valence-electron chi connectivity index (χ3n) is 5.67. The summed E-state index contributed by atoms with van der Waals surface area (Å²) in [5, 5.41) is 4.03. The summed E-state index contributed by atoms with van der Waals surface area (Å²) in [6.45, 7) is 9.29. The second kappa shape index (κ2) is 6.82. The van der Waals surface area contributed by atoms with Crippen molar-refractivity contribution in [2.45, 2.75) is 38.6 Å². The van der Waals surface area contributed by atoms with Gasteiger partial charge < -0.3 is 14.9 Å². The molecule has 1 unspecified atom stereocenters. The fraction of sp³-hybridized carbons (Fsp3) is 0.304. The molecule has 2 N–H and O–H groups in total. The third-order valence-corrected chi connectivity index (χ3v) is 5.67. The Morgan fingerprint density at radius 2 is 2.04 bits per heavy atom. The number of nitrogens with one attached hydrogen (secondary N) is 2. The Hall–Kier alpha value is -3.08. The van der Waals surface area contributed by atoms with Crippen LogP contribution in [-0.2, 0) is 16.8 Å². The van der Waals surface area contributed by atoms with E-state index in [0.717, 1.165) is 40.7 Å². The number of aromatic amines is 1. The molecule has 1 aliphatic heterocycles. The van der Waals surface area contributed by atoms with Gasteiger partial charge in [-0.3, -0.25) is 9.59 Å². The molecule has 28 heavy (non-hydrogen) atoms. The van der Waals surface area contributed by atoms with Crippen LogP contribution in [-0.4, -0.2) is 22.0 Å². The first-order valence-electron chi connectivity index (χ1n) is 9.64. The van der Waals surface area contributed by atoms with Crippen LogP contribution in [0.2, 0.25) is 0 Å². The summed E-state index contributed by atoms with van der Waals surface area (Å²) in [5.74, 6) is -0.0731. The van der Waals surface area contributed by atoms with Crippen molar-refractivity contribution >= 4 is 16.8 Å². The molecule has 4 rings (SSSR count). The molecule has 1 saturated heterocycles. The van der Waals surface area contributed by atoms with E-state index in [2.05, 4.69) is 45.8 Å². The molecule has 1 aliphatic rings. The maximum Gasteiger partial charge on any atom is 0.252 e. The van der Waals surface area contributed by atoms with E-state index in [1.165, 1.54) is 0 Å². The number of H-pyrrole nitrogens is 1. The molecule has 0 bridgehead atoms. The minimum absolute atomic E-state index is 0.0731. The normalized spacial score (nSPS) is 19.6. The van der Waals surface area contributed by atoms with E-state index >= 15 is 0 Å². The predicted octanol–water partition coefficient (Wildman–Crippen LogP) is 3.74. The molecule has 1 aromatic carbocycles. The molecule has 5 nitrogen and oxygen atoms in total. The lowest BCUT2D eigenvalue weighted by Gasteiger charge is -2.32. The molecule has 0 radical (unpaired) electrons. The number of nitrogens with zero attached hydrogens (tertiary/aromatic N) is 1. The van der Waals surface area contributed by atoms with Crippen molar-refractivity contribution < 1.29 is 4.79 Å². The second-order valence-electron chi connectivity index (χ2n) is 7.98. The number of piperidine rings is 1. The summed E-state index contributed by atoms with van der Waals surface area (Å²) in [4.78, 5) is 28.2. The molecule has 0 saturated carbocycles. The molecule has 3 heterocycles. The second-order valence-corrected chi connectivity index (χ2v) is 7.98. The van der Waals surface area contributed by atoms with Crippen LogP contribution in [0.5, 0.6) is 0 Å². The molecule has 1 amide bonds. The first-order valence-corrected chi connectivity index (χ1v) is 9.64. The van der Waals surface area contributed by atoms with E-state index in [1.54, 1.807) is 6.07 Å². The maximum absolute atomic E-state index is 12.8. The number of aromatic nitrogens is 2. The van der Waals surface area contributed by atoms with Crippen LogP contribution < -0.4 is 10.9 Å². The molecule has 5 heteroatoms. The van der Waals surface area contributed by atoms with E-state index in [0.29, 0.717) is 18.5 Å². The van der Waals surface area contributed by atoms with Crippen LogP contribution in [0.1, 0.15) is 32.3 Å². The number of amides is 1. The number of hydrogen-bond acceptors (Lipinski definition) is 2. The molecular formula is C23H25N3O2. The van der Waals surface area contributed by atoms with Crippen LogP contribution in [0.3, 0.4) is 0 Å². The van der Waals surface area contributed by atoms with E-state index in [4.69, 9.17) is 0 Å². The van der Waals surface area contributed by atoms with Gasteiger partial charge in [-0.05, 0) is 50.3 Å². The van der Waals surface area contributed by atoms with Crippen LogP contribution in [0.4, 0.5) is 0 Å². The number of pyridine rings is 1. The maximum atomic E-state index is 12.8. The molecule has 0 spiro atoms.